The molecular weight excluding hydrogens is 450 g/mol. The van der Waals surface area contributed by atoms with E-state index in [0.29, 0.717) is 25.2 Å². The zero-order valence-electron chi connectivity index (χ0n) is 19.1. The SMILES string of the molecule is COc1ccc2c(c1OCCS(=O)c1ccccc1)CN1CCc3cc4c(cc3C1C2)OCO4. The third-order valence-electron chi connectivity index (χ3n) is 6.94. The Hall–Kier alpha value is -3.03. The summed E-state index contributed by atoms with van der Waals surface area (Å²) in [5, 5.41) is 0. The van der Waals surface area contributed by atoms with E-state index in [0.717, 1.165) is 53.8 Å². The molecule has 0 radical (unpaired) electrons. The summed E-state index contributed by atoms with van der Waals surface area (Å²) in [5.74, 6) is 3.64. The van der Waals surface area contributed by atoms with Crippen LogP contribution in [0.2, 0.25) is 0 Å². The fourth-order valence-electron chi connectivity index (χ4n) is 5.22. The number of hydrogen-bond acceptors (Lipinski definition) is 6. The molecule has 3 aliphatic rings. The van der Waals surface area contributed by atoms with Crippen LogP contribution < -0.4 is 18.9 Å². The minimum atomic E-state index is -1.10. The lowest BCUT2D eigenvalue weighted by Crippen LogP contribution is -2.39. The first-order valence-corrected chi connectivity index (χ1v) is 12.9. The Bertz CT molecular complexity index is 1250. The monoisotopic (exact) mass is 477 g/mol. The van der Waals surface area contributed by atoms with Gasteiger partial charge in [0.1, 0.15) is 6.61 Å². The van der Waals surface area contributed by atoms with Gasteiger partial charge in [0.05, 0.1) is 23.7 Å². The van der Waals surface area contributed by atoms with Gasteiger partial charge >= 0.3 is 0 Å². The molecule has 7 heteroatoms. The van der Waals surface area contributed by atoms with Crippen molar-refractivity contribution in [3.8, 4) is 23.0 Å². The van der Waals surface area contributed by atoms with E-state index < -0.39 is 10.8 Å². The van der Waals surface area contributed by atoms with E-state index in [1.165, 1.54) is 22.3 Å². The van der Waals surface area contributed by atoms with Gasteiger partial charge in [-0.3, -0.25) is 9.11 Å². The Labute approximate surface area is 201 Å². The number of nitrogens with zero attached hydrogens (tertiary/aromatic N) is 1. The van der Waals surface area contributed by atoms with Crippen LogP contribution in [0.4, 0.5) is 0 Å². The maximum Gasteiger partial charge on any atom is 0.231 e. The summed E-state index contributed by atoms with van der Waals surface area (Å²) < 4.78 is 35.8. The number of fused-ring (bicyclic) bond motifs is 5. The predicted molar refractivity (Wildman–Crippen MR) is 129 cm³/mol. The minimum absolute atomic E-state index is 0.297. The van der Waals surface area contributed by atoms with Crippen molar-refractivity contribution in [1.29, 1.82) is 0 Å². The number of hydrogen-bond donors (Lipinski definition) is 0. The molecule has 2 atom stereocenters. The topological polar surface area (TPSA) is 57.2 Å². The van der Waals surface area contributed by atoms with Gasteiger partial charge in [-0.25, -0.2) is 0 Å². The average molecular weight is 478 g/mol. The number of benzene rings is 3. The predicted octanol–water partition coefficient (Wildman–Crippen LogP) is 4.27. The number of ether oxygens (including phenoxy) is 4. The smallest absolute Gasteiger partial charge is 0.231 e. The van der Waals surface area contributed by atoms with Gasteiger partial charge in [-0.15, -0.1) is 0 Å². The minimum Gasteiger partial charge on any atom is -0.493 e. The summed E-state index contributed by atoms with van der Waals surface area (Å²) in [5.41, 5.74) is 5.12. The summed E-state index contributed by atoms with van der Waals surface area (Å²) in [6.07, 6.45) is 1.88. The molecule has 0 aromatic heterocycles. The summed E-state index contributed by atoms with van der Waals surface area (Å²) >= 11 is 0. The van der Waals surface area contributed by atoms with Gasteiger partial charge in [-0.1, -0.05) is 24.3 Å². The Balaban J connectivity index is 1.25. The third-order valence-corrected chi connectivity index (χ3v) is 8.27. The average Bonchev–Trinajstić information content (AvgIpc) is 3.34. The van der Waals surface area contributed by atoms with Crippen LogP contribution in [0.1, 0.15) is 28.3 Å². The summed E-state index contributed by atoms with van der Waals surface area (Å²) in [7, 11) is 0.571. The molecule has 3 heterocycles. The molecule has 0 saturated carbocycles. The molecule has 2 unspecified atom stereocenters. The molecule has 34 heavy (non-hydrogen) atoms. The van der Waals surface area contributed by atoms with E-state index >= 15 is 0 Å². The lowest BCUT2D eigenvalue weighted by molar-refractivity contribution is 0.156. The van der Waals surface area contributed by atoms with E-state index in [-0.39, 0.29) is 0 Å². The van der Waals surface area contributed by atoms with Gasteiger partial charge in [0, 0.05) is 29.6 Å². The van der Waals surface area contributed by atoms with E-state index in [1.807, 2.05) is 36.4 Å². The van der Waals surface area contributed by atoms with Crippen LogP contribution in [-0.2, 0) is 30.2 Å². The largest absolute Gasteiger partial charge is 0.493 e. The Morgan fingerprint density at radius 3 is 2.71 bits per heavy atom. The van der Waals surface area contributed by atoms with Crippen molar-refractivity contribution >= 4 is 10.8 Å². The summed E-state index contributed by atoms with van der Waals surface area (Å²) in [6, 6.07) is 18.3. The number of rotatable bonds is 6. The Morgan fingerprint density at radius 1 is 1.06 bits per heavy atom. The highest BCUT2D eigenvalue weighted by atomic mass is 32.2. The van der Waals surface area contributed by atoms with Gasteiger partial charge in [0.15, 0.2) is 23.0 Å². The van der Waals surface area contributed by atoms with Crippen molar-refractivity contribution in [1.82, 2.24) is 4.90 Å². The van der Waals surface area contributed by atoms with E-state index in [9.17, 15) is 4.21 Å². The molecular formula is C27H27NO5S. The Kier molecular flexibility index (Phi) is 5.67. The first-order valence-electron chi connectivity index (χ1n) is 11.6. The van der Waals surface area contributed by atoms with Crippen LogP contribution in [0, 0.1) is 0 Å². The second-order valence-electron chi connectivity index (χ2n) is 8.79. The molecule has 6 rings (SSSR count). The highest BCUT2D eigenvalue weighted by Gasteiger charge is 2.35. The highest BCUT2D eigenvalue weighted by Crippen LogP contribution is 2.46. The van der Waals surface area contributed by atoms with Crippen LogP contribution in [-0.4, -0.2) is 41.9 Å². The van der Waals surface area contributed by atoms with Gasteiger partial charge in [-0.05, 0) is 59.9 Å². The van der Waals surface area contributed by atoms with Crippen LogP contribution in [0.15, 0.2) is 59.5 Å². The second kappa shape index (κ2) is 8.96. The van der Waals surface area contributed by atoms with Crippen LogP contribution in [0.3, 0.4) is 0 Å². The van der Waals surface area contributed by atoms with Crippen molar-refractivity contribution in [2.24, 2.45) is 0 Å². The van der Waals surface area contributed by atoms with Crippen LogP contribution >= 0.6 is 0 Å². The van der Waals surface area contributed by atoms with Gasteiger partial charge in [-0.2, -0.15) is 0 Å². The molecule has 0 N–H and O–H groups in total. The molecule has 0 fully saturated rings. The molecule has 3 aliphatic heterocycles. The van der Waals surface area contributed by atoms with Gasteiger partial charge < -0.3 is 18.9 Å². The lowest BCUT2D eigenvalue weighted by Gasteiger charge is -2.42. The van der Waals surface area contributed by atoms with Crippen LogP contribution in [0.5, 0.6) is 23.0 Å². The third kappa shape index (κ3) is 3.83. The summed E-state index contributed by atoms with van der Waals surface area (Å²) in [6.45, 7) is 2.43. The molecule has 3 aromatic carbocycles. The first kappa shape index (κ1) is 21.5. The van der Waals surface area contributed by atoms with Crippen molar-refractivity contribution in [2.75, 3.05) is 32.8 Å². The Morgan fingerprint density at radius 2 is 1.88 bits per heavy atom. The quantitative estimate of drug-likeness (QED) is 0.529. The van der Waals surface area contributed by atoms with Crippen LogP contribution in [0.25, 0.3) is 0 Å². The van der Waals surface area contributed by atoms with Gasteiger partial charge in [0.2, 0.25) is 6.79 Å². The number of methoxy groups -OCH3 is 1. The summed E-state index contributed by atoms with van der Waals surface area (Å²) in [4.78, 5) is 3.34. The normalized spacial score (nSPS) is 19.0. The fraction of sp³-hybridized carbons (Fsp3) is 0.333. The molecule has 0 saturated heterocycles. The maximum atomic E-state index is 12.6. The van der Waals surface area contributed by atoms with Crippen molar-refractivity contribution in [3.63, 3.8) is 0 Å². The zero-order chi connectivity index (χ0) is 23.1. The molecule has 0 spiro atoms. The van der Waals surface area contributed by atoms with Crippen molar-refractivity contribution < 1.29 is 23.2 Å². The molecule has 3 aromatic rings. The molecule has 6 nitrogen and oxygen atoms in total. The van der Waals surface area contributed by atoms with Crippen molar-refractivity contribution in [2.45, 2.75) is 30.3 Å². The molecule has 0 aliphatic carbocycles. The highest BCUT2D eigenvalue weighted by molar-refractivity contribution is 7.85. The maximum absolute atomic E-state index is 12.6. The molecule has 0 bridgehead atoms. The first-order chi connectivity index (χ1) is 16.7. The standard InChI is InChI=1S/C27H27NO5S/c1-30-24-8-7-18-13-23-21-15-26-25(32-17-33-26)14-19(21)9-10-28(23)16-22(18)27(24)31-11-12-34(29)20-5-3-2-4-6-20/h2-8,14-15,23H,9-13,16-17H2,1H3. The zero-order valence-corrected chi connectivity index (χ0v) is 19.9. The second-order valence-corrected chi connectivity index (χ2v) is 10.4. The fourth-order valence-corrected chi connectivity index (χ4v) is 6.15. The van der Waals surface area contributed by atoms with E-state index in [1.54, 1.807) is 7.11 Å². The van der Waals surface area contributed by atoms with Gasteiger partial charge in [0.25, 0.3) is 0 Å². The van der Waals surface area contributed by atoms with E-state index in [4.69, 9.17) is 18.9 Å². The van der Waals surface area contributed by atoms with Crippen molar-refractivity contribution in [3.05, 3.63) is 76.9 Å². The molecule has 176 valence electrons. The van der Waals surface area contributed by atoms with E-state index in [2.05, 4.69) is 23.1 Å². The lowest BCUT2D eigenvalue weighted by atomic mass is 9.83. The molecule has 0 amide bonds.